The van der Waals surface area contributed by atoms with Crippen LogP contribution in [-0.4, -0.2) is 38.4 Å². The van der Waals surface area contributed by atoms with Crippen molar-refractivity contribution in [1.29, 1.82) is 0 Å². The van der Waals surface area contributed by atoms with E-state index in [9.17, 15) is 9.59 Å². The molecule has 152 valence electrons. The first kappa shape index (κ1) is 19.5. The highest BCUT2D eigenvalue weighted by atomic mass is 16.5. The van der Waals surface area contributed by atoms with Crippen LogP contribution < -0.4 is 14.5 Å². The molecule has 0 saturated carbocycles. The Morgan fingerprint density at radius 2 is 1.69 bits per heavy atom. The highest BCUT2D eigenvalue weighted by molar-refractivity contribution is 6.01. The quantitative estimate of drug-likeness (QED) is 0.690. The average molecular weight is 392 g/mol. The number of nitrogens with zero attached hydrogens (tertiary/aromatic N) is 2. The van der Waals surface area contributed by atoms with Gasteiger partial charge in [0.05, 0.1) is 7.11 Å². The summed E-state index contributed by atoms with van der Waals surface area (Å²) in [6.07, 6.45) is 4.89. The topological polar surface area (TPSA) is 49.9 Å². The fourth-order valence-corrected chi connectivity index (χ4v) is 4.27. The van der Waals surface area contributed by atoms with E-state index < -0.39 is 0 Å². The van der Waals surface area contributed by atoms with Gasteiger partial charge in [0.2, 0.25) is 5.91 Å². The molecule has 0 aliphatic carbocycles. The fraction of sp³-hybridized carbons (Fsp3) is 0.417. The van der Waals surface area contributed by atoms with E-state index in [1.54, 1.807) is 31.4 Å². The molecule has 0 radical (unpaired) electrons. The number of rotatable bonds is 6. The number of benzene rings is 2. The largest absolute Gasteiger partial charge is 0.497 e. The molecule has 0 N–H and O–H groups in total. The number of methoxy groups -OCH3 is 1. The molecule has 1 fully saturated rings. The number of carbonyl (C=O) groups excluding carboxylic acids is 2. The van der Waals surface area contributed by atoms with Gasteiger partial charge in [0.1, 0.15) is 5.75 Å². The molecule has 2 aliphatic rings. The summed E-state index contributed by atoms with van der Waals surface area (Å²) in [5.74, 6) is 0.742. The Morgan fingerprint density at radius 1 is 0.931 bits per heavy atom. The van der Waals surface area contributed by atoms with Crippen molar-refractivity contribution in [3.05, 3.63) is 53.6 Å². The third-order valence-corrected chi connectivity index (χ3v) is 5.94. The number of hydrogen-bond acceptors (Lipinski definition) is 4. The Hall–Kier alpha value is -2.82. The Morgan fingerprint density at radius 3 is 2.41 bits per heavy atom. The highest BCUT2D eigenvalue weighted by Gasteiger charge is 2.24. The summed E-state index contributed by atoms with van der Waals surface area (Å²) in [5.41, 5.74) is 4.08. The van der Waals surface area contributed by atoms with Crippen LogP contribution in [0.4, 0.5) is 11.4 Å². The van der Waals surface area contributed by atoms with Gasteiger partial charge in [-0.25, -0.2) is 0 Å². The Kier molecular flexibility index (Phi) is 5.84. The fourth-order valence-electron chi connectivity index (χ4n) is 4.27. The number of Topliss-reactive ketones (excluding diaryl/α,β-unsaturated/α-hetero) is 1. The number of aryl methyl sites for hydroxylation is 1. The van der Waals surface area contributed by atoms with Crippen molar-refractivity contribution >= 4 is 23.1 Å². The molecule has 5 heteroatoms. The van der Waals surface area contributed by atoms with Gasteiger partial charge in [0, 0.05) is 49.4 Å². The van der Waals surface area contributed by atoms with E-state index >= 15 is 0 Å². The minimum atomic E-state index is -0.0101. The predicted octanol–water partition coefficient (Wildman–Crippen LogP) is 4.24. The zero-order chi connectivity index (χ0) is 20.2. The van der Waals surface area contributed by atoms with Gasteiger partial charge in [0.25, 0.3) is 0 Å². The van der Waals surface area contributed by atoms with E-state index in [1.165, 1.54) is 24.1 Å². The van der Waals surface area contributed by atoms with Gasteiger partial charge in [-0.15, -0.1) is 0 Å². The zero-order valence-electron chi connectivity index (χ0n) is 17.0. The zero-order valence-corrected chi connectivity index (χ0v) is 17.0. The van der Waals surface area contributed by atoms with Crippen LogP contribution in [0.1, 0.15) is 48.0 Å². The smallest absolute Gasteiger partial charge is 0.227 e. The second-order valence-corrected chi connectivity index (χ2v) is 7.81. The molecule has 0 spiro atoms. The third kappa shape index (κ3) is 4.29. The van der Waals surface area contributed by atoms with Crippen molar-refractivity contribution in [3.8, 4) is 5.75 Å². The Balaban J connectivity index is 1.43. The molecule has 0 atom stereocenters. The van der Waals surface area contributed by atoms with Crippen LogP contribution >= 0.6 is 0 Å². The van der Waals surface area contributed by atoms with Gasteiger partial charge in [0.15, 0.2) is 5.78 Å². The molecule has 2 aromatic rings. The first-order valence-corrected chi connectivity index (χ1v) is 10.5. The molecular formula is C24H28N2O3. The molecule has 29 heavy (non-hydrogen) atoms. The highest BCUT2D eigenvalue weighted by Crippen LogP contribution is 2.33. The molecule has 2 aliphatic heterocycles. The van der Waals surface area contributed by atoms with Crippen molar-refractivity contribution < 1.29 is 14.3 Å². The standard InChI is InChI=1S/C24H28N2O3/c1-29-21-10-7-19(8-11-21)23(27)12-13-24(28)26-16-4-5-18-6-9-20(17-22(18)26)25-14-2-3-15-25/h6-11,17H,2-5,12-16H2,1H3. The van der Waals surface area contributed by atoms with Crippen molar-refractivity contribution in [3.63, 3.8) is 0 Å². The van der Waals surface area contributed by atoms with Gasteiger partial charge in [-0.05, 0) is 67.6 Å². The summed E-state index contributed by atoms with van der Waals surface area (Å²) in [4.78, 5) is 29.7. The second kappa shape index (κ2) is 8.68. The van der Waals surface area contributed by atoms with Gasteiger partial charge in [-0.3, -0.25) is 9.59 Å². The molecule has 0 unspecified atom stereocenters. The van der Waals surface area contributed by atoms with E-state index in [4.69, 9.17) is 4.74 Å². The first-order chi connectivity index (χ1) is 14.2. The lowest BCUT2D eigenvalue weighted by Gasteiger charge is -2.31. The van der Waals surface area contributed by atoms with Gasteiger partial charge in [-0.2, -0.15) is 0 Å². The number of hydrogen-bond donors (Lipinski definition) is 0. The third-order valence-electron chi connectivity index (χ3n) is 5.94. The number of ether oxygens (including phenoxy) is 1. The molecule has 4 rings (SSSR count). The lowest BCUT2D eigenvalue weighted by atomic mass is 9.99. The number of anilines is 2. The Bertz CT molecular complexity index is 885. The second-order valence-electron chi connectivity index (χ2n) is 7.81. The molecular weight excluding hydrogens is 364 g/mol. The molecule has 1 amide bonds. The SMILES string of the molecule is COc1ccc(C(=O)CCC(=O)N2CCCc3ccc(N4CCCC4)cc32)cc1. The van der Waals surface area contributed by atoms with Crippen LogP contribution in [0.5, 0.6) is 5.75 Å². The maximum Gasteiger partial charge on any atom is 0.227 e. The summed E-state index contributed by atoms with van der Waals surface area (Å²) in [6.45, 7) is 2.90. The van der Waals surface area contributed by atoms with Crippen molar-refractivity contribution in [2.75, 3.05) is 36.5 Å². The van der Waals surface area contributed by atoms with Gasteiger partial charge in [-0.1, -0.05) is 6.07 Å². The Labute approximate surface area is 172 Å². The molecule has 2 heterocycles. The van der Waals surface area contributed by atoms with Crippen LogP contribution in [0.15, 0.2) is 42.5 Å². The number of fused-ring (bicyclic) bond motifs is 1. The van der Waals surface area contributed by atoms with Crippen LogP contribution in [0.25, 0.3) is 0 Å². The maximum absolute atomic E-state index is 13.0. The normalized spacial score (nSPS) is 15.9. The summed E-state index contributed by atoms with van der Waals surface area (Å²) in [5, 5.41) is 0. The molecule has 2 aromatic carbocycles. The maximum atomic E-state index is 13.0. The van der Waals surface area contributed by atoms with Crippen molar-refractivity contribution in [2.24, 2.45) is 0 Å². The lowest BCUT2D eigenvalue weighted by molar-refractivity contribution is -0.118. The minimum Gasteiger partial charge on any atom is -0.497 e. The van der Waals surface area contributed by atoms with E-state index in [0.29, 0.717) is 5.56 Å². The monoisotopic (exact) mass is 392 g/mol. The lowest BCUT2D eigenvalue weighted by Crippen LogP contribution is -2.36. The predicted molar refractivity (Wildman–Crippen MR) is 115 cm³/mol. The number of ketones is 1. The summed E-state index contributed by atoms with van der Waals surface area (Å²) in [7, 11) is 1.60. The average Bonchev–Trinajstić information content (AvgIpc) is 3.31. The molecule has 0 bridgehead atoms. The summed E-state index contributed by atoms with van der Waals surface area (Å²) >= 11 is 0. The van der Waals surface area contributed by atoms with Crippen LogP contribution in [0.2, 0.25) is 0 Å². The first-order valence-electron chi connectivity index (χ1n) is 10.5. The summed E-state index contributed by atoms with van der Waals surface area (Å²) in [6, 6.07) is 13.6. The van der Waals surface area contributed by atoms with Crippen LogP contribution in [0.3, 0.4) is 0 Å². The van der Waals surface area contributed by atoms with E-state index in [-0.39, 0.29) is 24.5 Å². The van der Waals surface area contributed by atoms with Crippen LogP contribution in [0, 0.1) is 0 Å². The van der Waals surface area contributed by atoms with E-state index in [1.807, 2.05) is 4.90 Å². The number of carbonyl (C=O) groups is 2. The van der Waals surface area contributed by atoms with Crippen molar-refractivity contribution in [2.45, 2.75) is 38.5 Å². The van der Waals surface area contributed by atoms with Crippen molar-refractivity contribution in [1.82, 2.24) is 0 Å². The molecule has 0 aromatic heterocycles. The summed E-state index contributed by atoms with van der Waals surface area (Å²) < 4.78 is 5.13. The minimum absolute atomic E-state index is 0.0101. The van der Waals surface area contributed by atoms with Crippen LogP contribution in [-0.2, 0) is 11.2 Å². The number of amides is 1. The molecule has 5 nitrogen and oxygen atoms in total. The van der Waals surface area contributed by atoms with E-state index in [0.717, 1.165) is 43.9 Å². The van der Waals surface area contributed by atoms with E-state index in [2.05, 4.69) is 23.1 Å². The van der Waals surface area contributed by atoms with Gasteiger partial charge < -0.3 is 14.5 Å². The molecule has 1 saturated heterocycles. The van der Waals surface area contributed by atoms with Gasteiger partial charge >= 0.3 is 0 Å².